The number of aryl methyl sites for hydroxylation is 1. The number of hydrogen-bond donors (Lipinski definition) is 1. The number of rotatable bonds is 2. The van der Waals surface area contributed by atoms with Crippen LogP contribution in [0.1, 0.15) is 0 Å². The van der Waals surface area contributed by atoms with Crippen molar-refractivity contribution in [3.63, 3.8) is 0 Å². The van der Waals surface area contributed by atoms with E-state index in [0.717, 1.165) is 11.3 Å². The van der Waals surface area contributed by atoms with Gasteiger partial charge in [-0.1, -0.05) is 18.2 Å². The fourth-order valence-electron chi connectivity index (χ4n) is 2.10. The second-order valence-corrected chi connectivity index (χ2v) is 3.98. The average molecular weight is 227 g/mol. The zero-order valence-electron chi connectivity index (χ0n) is 9.77. The quantitative estimate of drug-likeness (QED) is 0.731. The smallest absolute Gasteiger partial charge is 0.293 e. The largest absolute Gasteiger partial charge is 0.468 e. The molecule has 2 aromatic heterocycles. The third-order valence-electron chi connectivity index (χ3n) is 2.93. The van der Waals surface area contributed by atoms with Gasteiger partial charge in [-0.25, -0.2) is 4.98 Å². The summed E-state index contributed by atoms with van der Waals surface area (Å²) < 4.78 is 7.17. The molecule has 0 saturated carbocycles. The Labute approximate surface area is 98.9 Å². The van der Waals surface area contributed by atoms with Gasteiger partial charge in [0.1, 0.15) is 0 Å². The van der Waals surface area contributed by atoms with Crippen molar-refractivity contribution in [3.05, 3.63) is 36.7 Å². The van der Waals surface area contributed by atoms with E-state index < -0.39 is 0 Å². The Bertz CT molecular complexity index is 666. The first-order chi connectivity index (χ1) is 8.29. The van der Waals surface area contributed by atoms with Crippen LogP contribution in [-0.4, -0.2) is 21.6 Å². The van der Waals surface area contributed by atoms with Crippen LogP contribution in [-0.2, 0) is 7.05 Å². The van der Waals surface area contributed by atoms with Crippen LogP contribution in [0, 0.1) is 0 Å². The van der Waals surface area contributed by atoms with E-state index in [1.807, 2.05) is 19.2 Å². The van der Waals surface area contributed by atoms with E-state index in [4.69, 9.17) is 4.74 Å². The minimum atomic E-state index is 0.535. The second kappa shape index (κ2) is 3.66. The van der Waals surface area contributed by atoms with Gasteiger partial charge in [0.2, 0.25) is 0 Å². The number of nitrogens with zero attached hydrogens (tertiary/aromatic N) is 2. The summed E-state index contributed by atoms with van der Waals surface area (Å²) in [5, 5.41) is 1.21. The molecule has 0 saturated heterocycles. The van der Waals surface area contributed by atoms with Crippen molar-refractivity contribution in [1.29, 1.82) is 0 Å². The zero-order chi connectivity index (χ0) is 11.8. The Balaban J connectivity index is 2.23. The van der Waals surface area contributed by atoms with Crippen LogP contribution >= 0.6 is 0 Å². The van der Waals surface area contributed by atoms with Crippen LogP contribution in [0.3, 0.4) is 0 Å². The fraction of sp³-hybridized carbons (Fsp3) is 0.154. The van der Waals surface area contributed by atoms with E-state index in [1.54, 1.807) is 13.3 Å². The summed E-state index contributed by atoms with van der Waals surface area (Å²) in [5.74, 6) is 0. The predicted molar refractivity (Wildman–Crippen MR) is 67.1 cm³/mol. The first-order valence-corrected chi connectivity index (χ1v) is 5.43. The lowest BCUT2D eigenvalue weighted by Crippen LogP contribution is -1.83. The molecule has 2 heterocycles. The molecule has 17 heavy (non-hydrogen) atoms. The van der Waals surface area contributed by atoms with Crippen molar-refractivity contribution >= 4 is 10.9 Å². The molecule has 0 bridgehead atoms. The maximum Gasteiger partial charge on any atom is 0.293 e. The molecule has 0 spiro atoms. The zero-order valence-corrected chi connectivity index (χ0v) is 9.77. The first kappa shape index (κ1) is 9.96. The van der Waals surface area contributed by atoms with Crippen molar-refractivity contribution in [1.82, 2.24) is 14.5 Å². The van der Waals surface area contributed by atoms with Crippen LogP contribution in [0.5, 0.6) is 6.01 Å². The maximum atomic E-state index is 5.06. The number of ether oxygens (including phenoxy) is 1. The number of benzene rings is 1. The number of hydrogen-bond acceptors (Lipinski definition) is 2. The van der Waals surface area contributed by atoms with E-state index in [2.05, 4.69) is 32.9 Å². The number of H-pyrrole nitrogens is 1. The molecule has 0 unspecified atom stereocenters. The van der Waals surface area contributed by atoms with Gasteiger partial charge < -0.3 is 14.3 Å². The topological polar surface area (TPSA) is 42.8 Å². The van der Waals surface area contributed by atoms with Crippen molar-refractivity contribution in [2.24, 2.45) is 7.05 Å². The first-order valence-electron chi connectivity index (χ1n) is 5.43. The minimum Gasteiger partial charge on any atom is -0.468 e. The van der Waals surface area contributed by atoms with Crippen molar-refractivity contribution in [3.8, 4) is 17.3 Å². The highest BCUT2D eigenvalue weighted by Crippen LogP contribution is 2.29. The molecule has 0 aliphatic heterocycles. The Hall–Kier alpha value is -2.23. The van der Waals surface area contributed by atoms with Gasteiger partial charge in [0.25, 0.3) is 6.01 Å². The van der Waals surface area contributed by atoms with Gasteiger partial charge in [0.15, 0.2) is 0 Å². The van der Waals surface area contributed by atoms with E-state index in [1.165, 1.54) is 10.9 Å². The predicted octanol–water partition coefficient (Wildman–Crippen LogP) is 2.58. The van der Waals surface area contributed by atoms with E-state index in [9.17, 15) is 0 Å². The summed E-state index contributed by atoms with van der Waals surface area (Å²) in [6.45, 7) is 0. The van der Waals surface area contributed by atoms with Gasteiger partial charge in [-0.3, -0.25) is 0 Å². The molecular formula is C13H13N3O. The van der Waals surface area contributed by atoms with Crippen LogP contribution in [0.15, 0.2) is 36.7 Å². The molecule has 1 aromatic carbocycles. The van der Waals surface area contributed by atoms with E-state index >= 15 is 0 Å². The number of methoxy groups -OCH3 is 1. The summed E-state index contributed by atoms with van der Waals surface area (Å²) in [5.41, 5.74) is 3.31. The lowest BCUT2D eigenvalue weighted by Gasteiger charge is -1.95. The summed E-state index contributed by atoms with van der Waals surface area (Å²) in [6, 6.07) is 8.83. The SMILES string of the molecule is COc1ncc(-c2cn(C)c3ccccc23)[nH]1. The Kier molecular flexibility index (Phi) is 2.14. The molecule has 0 fully saturated rings. The normalized spacial score (nSPS) is 10.9. The van der Waals surface area contributed by atoms with E-state index in [-0.39, 0.29) is 0 Å². The molecule has 3 aromatic rings. The molecule has 4 heteroatoms. The standard InChI is InChI=1S/C13H13N3O/c1-16-8-10(9-5-3-4-6-12(9)16)11-7-14-13(15-11)17-2/h3-8H,1-2H3,(H,14,15). The number of aromatic nitrogens is 3. The molecule has 86 valence electrons. The van der Waals surface area contributed by atoms with Crippen LogP contribution in [0.2, 0.25) is 0 Å². The molecule has 0 amide bonds. The van der Waals surface area contributed by atoms with Gasteiger partial charge in [-0.15, -0.1) is 0 Å². The Morgan fingerprint density at radius 2 is 2.12 bits per heavy atom. The fourth-order valence-corrected chi connectivity index (χ4v) is 2.10. The summed E-state index contributed by atoms with van der Waals surface area (Å²) in [7, 11) is 3.64. The number of nitrogens with one attached hydrogen (secondary N) is 1. The number of fused-ring (bicyclic) bond motifs is 1. The van der Waals surface area contributed by atoms with Crippen LogP contribution in [0.4, 0.5) is 0 Å². The minimum absolute atomic E-state index is 0.535. The van der Waals surface area contributed by atoms with Crippen LogP contribution < -0.4 is 4.74 Å². The average Bonchev–Trinajstić information content (AvgIpc) is 2.95. The van der Waals surface area contributed by atoms with Crippen molar-refractivity contribution < 1.29 is 4.74 Å². The van der Waals surface area contributed by atoms with Gasteiger partial charge in [0, 0.05) is 29.7 Å². The van der Waals surface area contributed by atoms with E-state index in [0.29, 0.717) is 6.01 Å². The summed E-state index contributed by atoms with van der Waals surface area (Å²) in [4.78, 5) is 7.28. The third-order valence-corrected chi connectivity index (χ3v) is 2.93. The lowest BCUT2D eigenvalue weighted by atomic mass is 10.1. The highest BCUT2D eigenvalue weighted by atomic mass is 16.5. The second-order valence-electron chi connectivity index (χ2n) is 3.98. The number of aromatic amines is 1. The van der Waals surface area contributed by atoms with Gasteiger partial charge in [-0.2, -0.15) is 0 Å². The summed E-state index contributed by atoms with van der Waals surface area (Å²) in [6.07, 6.45) is 3.89. The third kappa shape index (κ3) is 1.49. The molecule has 3 rings (SSSR count). The molecule has 0 aliphatic rings. The highest BCUT2D eigenvalue weighted by Gasteiger charge is 2.10. The van der Waals surface area contributed by atoms with Gasteiger partial charge in [0.05, 0.1) is 19.0 Å². The number of imidazole rings is 1. The molecular weight excluding hydrogens is 214 g/mol. The summed E-state index contributed by atoms with van der Waals surface area (Å²) >= 11 is 0. The van der Waals surface area contributed by atoms with Crippen LogP contribution in [0.25, 0.3) is 22.2 Å². The van der Waals surface area contributed by atoms with Crippen molar-refractivity contribution in [2.75, 3.05) is 7.11 Å². The molecule has 0 aliphatic carbocycles. The highest BCUT2D eigenvalue weighted by molar-refractivity contribution is 5.95. The Morgan fingerprint density at radius 3 is 2.88 bits per heavy atom. The molecule has 4 nitrogen and oxygen atoms in total. The van der Waals surface area contributed by atoms with Crippen molar-refractivity contribution in [2.45, 2.75) is 0 Å². The number of para-hydroxylation sites is 1. The maximum absolute atomic E-state index is 5.06. The Morgan fingerprint density at radius 1 is 1.29 bits per heavy atom. The lowest BCUT2D eigenvalue weighted by molar-refractivity contribution is 0.384. The molecule has 0 radical (unpaired) electrons. The van der Waals surface area contributed by atoms with Gasteiger partial charge >= 0.3 is 0 Å². The molecule has 0 atom stereocenters. The molecule has 1 N–H and O–H groups in total. The monoisotopic (exact) mass is 227 g/mol. The van der Waals surface area contributed by atoms with Gasteiger partial charge in [-0.05, 0) is 6.07 Å².